The van der Waals surface area contributed by atoms with E-state index in [9.17, 15) is 9.00 Å². The number of nitrogens with one attached hydrogen (secondary N) is 1. The SMILES string of the molecule is CN=S(=O)(c1ccc(NC(=O)c2nocc2C)cc1)N(C)C. The van der Waals surface area contributed by atoms with Crippen molar-refractivity contribution in [3.63, 3.8) is 0 Å². The van der Waals surface area contributed by atoms with Crippen LogP contribution in [0.3, 0.4) is 0 Å². The molecule has 1 aromatic heterocycles. The van der Waals surface area contributed by atoms with E-state index >= 15 is 0 Å². The molecule has 0 aliphatic rings. The van der Waals surface area contributed by atoms with Gasteiger partial charge >= 0.3 is 0 Å². The van der Waals surface area contributed by atoms with E-state index in [1.165, 1.54) is 13.3 Å². The van der Waals surface area contributed by atoms with Crippen molar-refractivity contribution in [1.82, 2.24) is 9.46 Å². The van der Waals surface area contributed by atoms with Crippen LogP contribution in [0.4, 0.5) is 5.69 Å². The van der Waals surface area contributed by atoms with Crippen LogP contribution in [0.5, 0.6) is 0 Å². The highest BCUT2D eigenvalue weighted by atomic mass is 32.2. The van der Waals surface area contributed by atoms with Gasteiger partial charge in [-0.05, 0) is 31.2 Å². The minimum Gasteiger partial charge on any atom is -0.364 e. The highest BCUT2D eigenvalue weighted by Gasteiger charge is 2.16. The van der Waals surface area contributed by atoms with Crippen LogP contribution in [0.15, 0.2) is 44.3 Å². The van der Waals surface area contributed by atoms with Crippen molar-refractivity contribution in [2.75, 3.05) is 26.5 Å². The van der Waals surface area contributed by atoms with Gasteiger partial charge in [-0.1, -0.05) is 5.16 Å². The monoisotopic (exact) mass is 322 g/mol. The Kier molecular flexibility index (Phi) is 4.62. The zero-order chi connectivity index (χ0) is 16.3. The van der Waals surface area contributed by atoms with Gasteiger partial charge in [-0.2, -0.15) is 0 Å². The molecule has 0 aliphatic carbocycles. The molecule has 0 radical (unpaired) electrons. The maximum Gasteiger partial charge on any atom is 0.278 e. The Balaban J connectivity index is 2.22. The molecular weight excluding hydrogens is 304 g/mol. The van der Waals surface area contributed by atoms with E-state index in [-0.39, 0.29) is 11.6 Å². The first-order valence-corrected chi connectivity index (χ1v) is 8.01. The molecule has 8 heteroatoms. The van der Waals surface area contributed by atoms with Crippen LogP contribution in [0.1, 0.15) is 16.1 Å². The van der Waals surface area contributed by atoms with Crippen LogP contribution >= 0.6 is 0 Å². The summed E-state index contributed by atoms with van der Waals surface area (Å²) in [5, 5.41) is 6.36. The van der Waals surface area contributed by atoms with E-state index in [1.54, 1.807) is 49.6 Å². The topological polar surface area (TPSA) is 87.8 Å². The van der Waals surface area contributed by atoms with Gasteiger partial charge in [0.15, 0.2) is 5.69 Å². The van der Waals surface area contributed by atoms with Crippen LogP contribution in [0, 0.1) is 6.92 Å². The molecule has 0 spiro atoms. The van der Waals surface area contributed by atoms with Crippen molar-refractivity contribution >= 4 is 21.5 Å². The zero-order valence-electron chi connectivity index (χ0n) is 12.9. The second kappa shape index (κ2) is 6.29. The Hall–Kier alpha value is -2.19. The number of carbonyl (C=O) groups excluding carboxylic acids is 1. The minimum absolute atomic E-state index is 0.240. The molecule has 0 aliphatic heterocycles. The van der Waals surface area contributed by atoms with Gasteiger partial charge in [-0.3, -0.25) is 4.79 Å². The summed E-state index contributed by atoms with van der Waals surface area (Å²) in [5.41, 5.74) is 1.48. The Morgan fingerprint density at radius 2 is 1.95 bits per heavy atom. The van der Waals surface area contributed by atoms with Gasteiger partial charge in [0.2, 0.25) is 0 Å². The second-order valence-electron chi connectivity index (χ2n) is 4.82. The Morgan fingerprint density at radius 1 is 1.32 bits per heavy atom. The Labute approximate surface area is 129 Å². The molecule has 1 N–H and O–H groups in total. The largest absolute Gasteiger partial charge is 0.364 e. The van der Waals surface area contributed by atoms with Gasteiger partial charge in [0.1, 0.15) is 16.2 Å². The number of carbonyl (C=O) groups is 1. The van der Waals surface area contributed by atoms with E-state index < -0.39 is 9.92 Å². The number of aromatic nitrogens is 1. The summed E-state index contributed by atoms with van der Waals surface area (Å²) in [5.74, 6) is -0.354. The maximum absolute atomic E-state index is 12.7. The molecule has 1 unspecified atom stereocenters. The van der Waals surface area contributed by atoms with Crippen LogP contribution in [0.25, 0.3) is 0 Å². The van der Waals surface area contributed by atoms with E-state index in [4.69, 9.17) is 4.52 Å². The van der Waals surface area contributed by atoms with Gasteiger partial charge in [0.25, 0.3) is 5.91 Å². The molecule has 0 bridgehead atoms. The second-order valence-corrected chi connectivity index (χ2v) is 7.38. The molecule has 22 heavy (non-hydrogen) atoms. The first-order chi connectivity index (χ1) is 10.4. The van der Waals surface area contributed by atoms with E-state index in [0.717, 1.165) is 0 Å². The number of anilines is 1. The molecule has 1 amide bonds. The fraction of sp³-hybridized carbons (Fsp3) is 0.286. The number of hydrogen-bond donors (Lipinski definition) is 1. The predicted octanol–water partition coefficient (Wildman–Crippen LogP) is 2.17. The maximum atomic E-state index is 12.7. The lowest BCUT2D eigenvalue weighted by Crippen LogP contribution is -2.22. The lowest BCUT2D eigenvalue weighted by atomic mass is 10.2. The quantitative estimate of drug-likeness (QED) is 0.934. The Morgan fingerprint density at radius 3 is 2.41 bits per heavy atom. The number of nitrogens with zero attached hydrogens (tertiary/aromatic N) is 3. The Bertz CT molecular complexity index is 787. The van der Waals surface area contributed by atoms with Gasteiger partial charge in [0.05, 0.1) is 4.90 Å². The average Bonchev–Trinajstić information content (AvgIpc) is 2.93. The number of aryl methyl sites for hydroxylation is 1. The molecule has 1 heterocycles. The third-order valence-electron chi connectivity index (χ3n) is 3.12. The average molecular weight is 322 g/mol. The van der Waals surface area contributed by atoms with Crippen LogP contribution in [-0.2, 0) is 9.92 Å². The highest BCUT2D eigenvalue weighted by molar-refractivity contribution is 7.91. The predicted molar refractivity (Wildman–Crippen MR) is 84.1 cm³/mol. The zero-order valence-corrected chi connectivity index (χ0v) is 13.7. The smallest absolute Gasteiger partial charge is 0.278 e. The normalized spacial score (nSPS) is 13.7. The lowest BCUT2D eigenvalue weighted by Gasteiger charge is -2.16. The van der Waals surface area contributed by atoms with Crippen molar-refractivity contribution in [3.8, 4) is 0 Å². The fourth-order valence-electron chi connectivity index (χ4n) is 1.89. The van der Waals surface area contributed by atoms with Crippen molar-refractivity contribution in [2.24, 2.45) is 4.36 Å². The van der Waals surface area contributed by atoms with Gasteiger partial charge in [-0.25, -0.2) is 12.9 Å². The number of rotatable bonds is 4. The number of benzene rings is 1. The first-order valence-electron chi connectivity index (χ1n) is 6.53. The van der Waals surface area contributed by atoms with Gasteiger partial charge in [0, 0.05) is 32.4 Å². The lowest BCUT2D eigenvalue weighted by molar-refractivity contribution is 0.101. The van der Waals surface area contributed by atoms with Crippen LogP contribution in [0.2, 0.25) is 0 Å². The summed E-state index contributed by atoms with van der Waals surface area (Å²) in [4.78, 5) is 12.6. The molecule has 1 atom stereocenters. The van der Waals surface area contributed by atoms with Crippen molar-refractivity contribution in [1.29, 1.82) is 0 Å². The van der Waals surface area contributed by atoms with E-state index in [0.29, 0.717) is 16.1 Å². The first kappa shape index (κ1) is 16.2. The molecule has 7 nitrogen and oxygen atoms in total. The van der Waals surface area contributed by atoms with Crippen molar-refractivity contribution in [3.05, 3.63) is 41.8 Å². The fourth-order valence-corrected chi connectivity index (χ4v) is 3.34. The molecule has 0 saturated heterocycles. The molecule has 0 saturated carbocycles. The van der Waals surface area contributed by atoms with Crippen LogP contribution in [-0.4, -0.2) is 40.7 Å². The summed E-state index contributed by atoms with van der Waals surface area (Å²) < 4.78 is 23.0. The highest BCUT2D eigenvalue weighted by Crippen LogP contribution is 2.19. The molecule has 2 aromatic rings. The molecule has 0 fully saturated rings. The third-order valence-corrected chi connectivity index (χ3v) is 5.49. The van der Waals surface area contributed by atoms with Crippen molar-refractivity contribution < 1.29 is 13.5 Å². The summed E-state index contributed by atoms with van der Waals surface area (Å²) in [7, 11) is 2.33. The van der Waals surface area contributed by atoms with E-state index in [2.05, 4.69) is 14.8 Å². The standard InChI is InChI=1S/C14H18N4O3S/c1-10-9-21-17-13(10)14(19)16-11-5-7-12(8-6-11)22(20,15-2)18(3)4/h5-9H,1-4H3,(H,16,19). The summed E-state index contributed by atoms with van der Waals surface area (Å²) in [6.07, 6.45) is 1.41. The number of amides is 1. The summed E-state index contributed by atoms with van der Waals surface area (Å²) >= 11 is 0. The number of hydrogen-bond acceptors (Lipinski definition) is 5. The third kappa shape index (κ3) is 3.02. The van der Waals surface area contributed by atoms with Gasteiger partial charge in [-0.15, -0.1) is 0 Å². The minimum atomic E-state index is -2.60. The molecule has 1 aromatic carbocycles. The molecule has 118 valence electrons. The van der Waals surface area contributed by atoms with Crippen molar-refractivity contribution in [2.45, 2.75) is 11.8 Å². The van der Waals surface area contributed by atoms with Gasteiger partial charge < -0.3 is 9.84 Å². The molecular formula is C14H18N4O3S. The summed E-state index contributed by atoms with van der Waals surface area (Å²) in [6, 6.07) is 6.72. The summed E-state index contributed by atoms with van der Waals surface area (Å²) in [6.45, 7) is 1.74. The van der Waals surface area contributed by atoms with E-state index in [1.807, 2.05) is 0 Å². The van der Waals surface area contributed by atoms with Crippen LogP contribution < -0.4 is 5.32 Å². The molecule has 2 rings (SSSR count).